The number of anilines is 1. The number of benzene rings is 2. The zero-order chi connectivity index (χ0) is 19.3. The molecule has 0 bridgehead atoms. The van der Waals surface area contributed by atoms with Crippen molar-refractivity contribution < 1.29 is 9.59 Å². The third-order valence-electron chi connectivity index (χ3n) is 4.69. The molecule has 1 aliphatic rings. The van der Waals surface area contributed by atoms with Gasteiger partial charge in [-0.3, -0.25) is 9.59 Å². The quantitative estimate of drug-likeness (QED) is 0.649. The van der Waals surface area contributed by atoms with E-state index in [0.717, 1.165) is 29.7 Å². The molecular formula is C23H22N2O2S. The van der Waals surface area contributed by atoms with Crippen molar-refractivity contribution in [3.05, 3.63) is 88.1 Å². The standard InChI is InChI=1S/C23H22N2O2S/c26-22(24-19-11-12-19)15-18-8-4-9-20(14-18)25(16-17-6-2-1-3-7-17)23(27)21-10-5-13-28-21/h1-10,13-14,19H,11-12,15-16H2,(H,24,26). The fraction of sp³-hybridized carbons (Fsp3) is 0.217. The molecule has 0 aliphatic heterocycles. The van der Waals surface area contributed by atoms with Crippen LogP contribution in [0.5, 0.6) is 0 Å². The van der Waals surface area contributed by atoms with Crippen LogP contribution in [0.2, 0.25) is 0 Å². The lowest BCUT2D eigenvalue weighted by Crippen LogP contribution is -2.30. The molecule has 0 spiro atoms. The summed E-state index contributed by atoms with van der Waals surface area (Å²) in [5.74, 6) is 0.0114. The van der Waals surface area contributed by atoms with Gasteiger partial charge in [0, 0.05) is 11.7 Å². The van der Waals surface area contributed by atoms with E-state index in [9.17, 15) is 9.59 Å². The number of carbonyl (C=O) groups is 2. The van der Waals surface area contributed by atoms with Crippen LogP contribution < -0.4 is 10.2 Å². The summed E-state index contributed by atoms with van der Waals surface area (Å²) in [6.45, 7) is 0.481. The summed E-state index contributed by atoms with van der Waals surface area (Å²) in [6.07, 6.45) is 2.48. The fourth-order valence-corrected chi connectivity index (χ4v) is 3.78. The van der Waals surface area contributed by atoms with E-state index in [2.05, 4.69) is 5.32 Å². The van der Waals surface area contributed by atoms with Gasteiger partial charge in [-0.2, -0.15) is 0 Å². The molecule has 4 nitrogen and oxygen atoms in total. The van der Waals surface area contributed by atoms with E-state index in [4.69, 9.17) is 0 Å². The van der Waals surface area contributed by atoms with Gasteiger partial charge in [0.1, 0.15) is 0 Å². The average Bonchev–Trinajstić information content (AvgIpc) is 3.34. The predicted octanol–water partition coefficient (Wildman–Crippen LogP) is 4.42. The first-order valence-corrected chi connectivity index (χ1v) is 10.3. The molecule has 0 unspecified atom stereocenters. The lowest BCUT2D eigenvalue weighted by atomic mass is 10.1. The Morgan fingerprint density at radius 3 is 2.46 bits per heavy atom. The molecule has 4 rings (SSSR count). The third kappa shape index (κ3) is 4.67. The highest BCUT2D eigenvalue weighted by atomic mass is 32.1. The number of hydrogen-bond acceptors (Lipinski definition) is 3. The van der Waals surface area contributed by atoms with Crippen LogP contribution in [-0.4, -0.2) is 17.9 Å². The van der Waals surface area contributed by atoms with Crippen molar-refractivity contribution in [2.24, 2.45) is 0 Å². The number of amides is 2. The van der Waals surface area contributed by atoms with E-state index in [1.165, 1.54) is 11.3 Å². The molecule has 1 saturated carbocycles. The highest BCUT2D eigenvalue weighted by Crippen LogP contribution is 2.24. The summed E-state index contributed by atoms with van der Waals surface area (Å²) in [6, 6.07) is 21.8. The Balaban J connectivity index is 1.59. The summed E-state index contributed by atoms with van der Waals surface area (Å²) in [5, 5.41) is 4.93. The second-order valence-electron chi connectivity index (χ2n) is 7.04. The van der Waals surface area contributed by atoms with Gasteiger partial charge in [0.25, 0.3) is 5.91 Å². The maximum atomic E-state index is 13.2. The number of nitrogens with one attached hydrogen (secondary N) is 1. The first kappa shape index (κ1) is 18.4. The molecule has 28 heavy (non-hydrogen) atoms. The monoisotopic (exact) mass is 390 g/mol. The van der Waals surface area contributed by atoms with Crippen molar-refractivity contribution >= 4 is 28.8 Å². The van der Waals surface area contributed by atoms with Crippen LogP contribution in [0.3, 0.4) is 0 Å². The molecule has 1 N–H and O–H groups in total. The molecule has 3 aromatic rings. The molecule has 0 atom stereocenters. The molecule has 142 valence electrons. The van der Waals surface area contributed by atoms with E-state index in [0.29, 0.717) is 23.9 Å². The summed E-state index contributed by atoms with van der Waals surface area (Å²) in [7, 11) is 0. The minimum atomic E-state index is -0.0292. The minimum absolute atomic E-state index is 0.0292. The molecule has 1 fully saturated rings. The van der Waals surface area contributed by atoms with E-state index < -0.39 is 0 Å². The zero-order valence-electron chi connectivity index (χ0n) is 15.5. The Morgan fingerprint density at radius 1 is 0.964 bits per heavy atom. The van der Waals surface area contributed by atoms with Crippen molar-refractivity contribution in [1.29, 1.82) is 0 Å². The molecule has 1 aromatic heterocycles. The van der Waals surface area contributed by atoms with Gasteiger partial charge in [0.15, 0.2) is 0 Å². The van der Waals surface area contributed by atoms with E-state index in [1.54, 1.807) is 4.90 Å². The SMILES string of the molecule is O=C(Cc1cccc(N(Cc2ccccc2)C(=O)c2cccs2)c1)NC1CC1. The van der Waals surface area contributed by atoms with Crippen LogP contribution in [0.1, 0.15) is 33.6 Å². The van der Waals surface area contributed by atoms with Gasteiger partial charge in [-0.1, -0.05) is 48.5 Å². The van der Waals surface area contributed by atoms with Crippen LogP contribution in [0.4, 0.5) is 5.69 Å². The van der Waals surface area contributed by atoms with Gasteiger partial charge in [-0.15, -0.1) is 11.3 Å². The lowest BCUT2D eigenvalue weighted by Gasteiger charge is -2.23. The minimum Gasteiger partial charge on any atom is -0.353 e. The molecule has 2 aromatic carbocycles. The van der Waals surface area contributed by atoms with Crippen LogP contribution in [0.25, 0.3) is 0 Å². The van der Waals surface area contributed by atoms with Gasteiger partial charge in [0.2, 0.25) is 5.91 Å². The number of hydrogen-bond donors (Lipinski definition) is 1. The Bertz CT molecular complexity index is 950. The maximum absolute atomic E-state index is 13.2. The molecule has 1 aliphatic carbocycles. The van der Waals surface area contributed by atoms with E-state index >= 15 is 0 Å². The normalized spacial score (nSPS) is 13.1. The van der Waals surface area contributed by atoms with Crippen LogP contribution >= 0.6 is 11.3 Å². The van der Waals surface area contributed by atoms with Crippen molar-refractivity contribution in [3.63, 3.8) is 0 Å². The molecule has 2 amide bonds. The van der Waals surface area contributed by atoms with Gasteiger partial charge in [-0.05, 0) is 47.5 Å². The Hall–Kier alpha value is -2.92. The highest BCUT2D eigenvalue weighted by Gasteiger charge is 2.23. The summed E-state index contributed by atoms with van der Waals surface area (Å²) in [4.78, 5) is 27.8. The topological polar surface area (TPSA) is 49.4 Å². The smallest absolute Gasteiger partial charge is 0.268 e. The van der Waals surface area contributed by atoms with Gasteiger partial charge >= 0.3 is 0 Å². The Morgan fingerprint density at radius 2 is 1.75 bits per heavy atom. The van der Waals surface area contributed by atoms with E-state index in [1.807, 2.05) is 72.1 Å². The van der Waals surface area contributed by atoms with Crippen molar-refractivity contribution in [1.82, 2.24) is 5.32 Å². The van der Waals surface area contributed by atoms with Crippen molar-refractivity contribution in [2.75, 3.05) is 4.90 Å². The maximum Gasteiger partial charge on any atom is 0.268 e. The number of thiophene rings is 1. The fourth-order valence-electron chi connectivity index (χ4n) is 3.11. The highest BCUT2D eigenvalue weighted by molar-refractivity contribution is 7.12. The predicted molar refractivity (Wildman–Crippen MR) is 113 cm³/mol. The summed E-state index contributed by atoms with van der Waals surface area (Å²) in [5.41, 5.74) is 2.77. The van der Waals surface area contributed by atoms with E-state index in [-0.39, 0.29) is 11.8 Å². The molecule has 0 saturated heterocycles. The lowest BCUT2D eigenvalue weighted by molar-refractivity contribution is -0.120. The third-order valence-corrected chi connectivity index (χ3v) is 5.55. The first-order valence-electron chi connectivity index (χ1n) is 9.46. The van der Waals surface area contributed by atoms with Crippen LogP contribution in [0, 0.1) is 0 Å². The average molecular weight is 391 g/mol. The van der Waals surface area contributed by atoms with Crippen molar-refractivity contribution in [3.8, 4) is 0 Å². The van der Waals surface area contributed by atoms with Gasteiger partial charge in [-0.25, -0.2) is 0 Å². The molecular weight excluding hydrogens is 368 g/mol. The number of nitrogens with zero attached hydrogens (tertiary/aromatic N) is 1. The Kier molecular flexibility index (Phi) is 5.53. The second-order valence-corrected chi connectivity index (χ2v) is 7.99. The van der Waals surface area contributed by atoms with Gasteiger partial charge in [0.05, 0.1) is 17.8 Å². The number of carbonyl (C=O) groups excluding carboxylic acids is 2. The van der Waals surface area contributed by atoms with Gasteiger partial charge < -0.3 is 10.2 Å². The second kappa shape index (κ2) is 8.40. The van der Waals surface area contributed by atoms with Crippen molar-refractivity contribution in [2.45, 2.75) is 31.8 Å². The first-order chi connectivity index (χ1) is 13.7. The zero-order valence-corrected chi connectivity index (χ0v) is 16.3. The summed E-state index contributed by atoms with van der Waals surface area (Å²) < 4.78 is 0. The van der Waals surface area contributed by atoms with Crippen LogP contribution in [-0.2, 0) is 17.8 Å². The molecule has 0 radical (unpaired) electrons. The summed E-state index contributed by atoms with van der Waals surface area (Å²) >= 11 is 1.44. The largest absolute Gasteiger partial charge is 0.353 e. The molecule has 1 heterocycles. The van der Waals surface area contributed by atoms with Crippen LogP contribution in [0.15, 0.2) is 72.1 Å². The Labute approximate surface area is 168 Å². The number of rotatable bonds is 7. The molecule has 5 heteroatoms.